The normalized spacial score (nSPS) is 35.8. The Morgan fingerprint density at radius 3 is 2.29 bits per heavy atom. The first kappa shape index (κ1) is 10.4. The molecule has 0 aliphatic carbocycles. The minimum absolute atomic E-state index is 0.103. The molecule has 0 saturated carbocycles. The van der Waals surface area contributed by atoms with Crippen LogP contribution in [0.4, 0.5) is 0 Å². The first-order valence-corrected chi connectivity index (χ1v) is 5.00. The smallest absolute Gasteiger partial charge is 0.147 e. The third-order valence-electron chi connectivity index (χ3n) is 3.60. The zero-order valence-electron chi connectivity index (χ0n) is 9.04. The Morgan fingerprint density at radius 1 is 1.07 bits per heavy atom. The van der Waals surface area contributed by atoms with Gasteiger partial charge in [-0.15, -0.1) is 0 Å². The lowest BCUT2D eigenvalue weighted by atomic mass is 9.70. The molecule has 2 aliphatic heterocycles. The zero-order valence-corrected chi connectivity index (χ0v) is 9.04. The Labute approximate surface area is 84.5 Å². The van der Waals surface area contributed by atoms with Gasteiger partial charge in [-0.3, -0.25) is 0 Å². The monoisotopic (exact) mass is 202 g/mol. The van der Waals surface area contributed by atoms with Crippen LogP contribution in [0.5, 0.6) is 0 Å². The van der Waals surface area contributed by atoms with E-state index in [0.717, 1.165) is 0 Å². The van der Waals surface area contributed by atoms with Crippen molar-refractivity contribution in [3.63, 3.8) is 0 Å². The molecule has 2 heterocycles. The molecule has 2 rings (SSSR count). The van der Waals surface area contributed by atoms with Gasteiger partial charge < -0.3 is 18.9 Å². The number of rotatable bonds is 0. The van der Waals surface area contributed by atoms with Crippen molar-refractivity contribution >= 4 is 0 Å². The van der Waals surface area contributed by atoms with Crippen LogP contribution >= 0.6 is 0 Å². The molecule has 0 aromatic heterocycles. The summed E-state index contributed by atoms with van der Waals surface area (Å²) in [4.78, 5) is 0. The summed E-state index contributed by atoms with van der Waals surface area (Å²) in [6.45, 7) is 8.22. The van der Waals surface area contributed by atoms with E-state index in [1.165, 1.54) is 0 Å². The topological polar surface area (TPSA) is 36.9 Å². The second kappa shape index (κ2) is 3.45. The minimum atomic E-state index is -0.259. The van der Waals surface area contributed by atoms with Crippen molar-refractivity contribution < 1.29 is 18.9 Å². The Kier molecular flexibility index (Phi) is 2.55. The number of hydrogen-bond donors (Lipinski definition) is 0. The second-order valence-electron chi connectivity index (χ2n) is 4.55. The third-order valence-corrected chi connectivity index (χ3v) is 3.60. The molecule has 0 N–H and O–H groups in total. The van der Waals surface area contributed by atoms with Crippen LogP contribution in [0, 0.1) is 5.41 Å². The van der Waals surface area contributed by atoms with Gasteiger partial charge in [-0.05, 0) is 20.8 Å². The Morgan fingerprint density at radius 2 is 1.71 bits per heavy atom. The Bertz CT molecular complexity index is 208. The van der Waals surface area contributed by atoms with E-state index in [0.29, 0.717) is 26.8 Å². The summed E-state index contributed by atoms with van der Waals surface area (Å²) in [5.41, 5.74) is -0.436. The molecule has 2 saturated heterocycles. The quantitative estimate of drug-likeness (QED) is 0.590. The lowest BCUT2D eigenvalue weighted by Crippen LogP contribution is -2.63. The van der Waals surface area contributed by atoms with Gasteiger partial charge in [0, 0.05) is 0 Å². The fourth-order valence-electron chi connectivity index (χ4n) is 2.21. The average molecular weight is 202 g/mol. The highest BCUT2D eigenvalue weighted by molar-refractivity contribution is 5.01. The van der Waals surface area contributed by atoms with Crippen molar-refractivity contribution in [1.82, 2.24) is 0 Å². The van der Waals surface area contributed by atoms with Crippen LogP contribution in [-0.2, 0) is 18.9 Å². The number of hydrogen-bond acceptors (Lipinski definition) is 4. The van der Waals surface area contributed by atoms with Gasteiger partial charge in [0.2, 0.25) is 0 Å². The molecule has 0 amide bonds. The van der Waals surface area contributed by atoms with E-state index in [1.54, 1.807) is 0 Å². The molecule has 1 unspecified atom stereocenters. The van der Waals surface area contributed by atoms with Gasteiger partial charge in [-0.25, -0.2) is 0 Å². The van der Waals surface area contributed by atoms with E-state index >= 15 is 0 Å². The van der Waals surface area contributed by atoms with Crippen LogP contribution in [0.1, 0.15) is 20.8 Å². The molecule has 0 aromatic rings. The molecule has 0 aromatic carbocycles. The average Bonchev–Trinajstić information content (AvgIpc) is 2.16. The summed E-state index contributed by atoms with van der Waals surface area (Å²) in [6.07, 6.45) is 0.103. The fourth-order valence-corrected chi connectivity index (χ4v) is 2.21. The van der Waals surface area contributed by atoms with Crippen LogP contribution in [0.25, 0.3) is 0 Å². The fraction of sp³-hybridized carbons (Fsp3) is 1.00. The molecule has 82 valence electrons. The van der Waals surface area contributed by atoms with E-state index in [1.807, 2.05) is 0 Å². The zero-order chi connectivity index (χ0) is 10.2. The van der Waals surface area contributed by atoms with E-state index in [9.17, 15) is 0 Å². The summed E-state index contributed by atoms with van der Waals surface area (Å²) < 4.78 is 21.9. The van der Waals surface area contributed by atoms with Crippen molar-refractivity contribution in [3.05, 3.63) is 0 Å². The SMILES string of the molecule is CC1OCOC(C)(C)C12COCOC2. The molecular formula is C10H18O4. The third kappa shape index (κ3) is 1.37. The first-order chi connectivity index (χ1) is 6.58. The van der Waals surface area contributed by atoms with Gasteiger partial charge in [-0.2, -0.15) is 0 Å². The van der Waals surface area contributed by atoms with Crippen molar-refractivity contribution in [1.29, 1.82) is 0 Å². The summed E-state index contributed by atoms with van der Waals surface area (Å²) in [5.74, 6) is 0. The standard InChI is InChI=1S/C10H18O4/c1-8-10(4-11-6-12-5-10)9(2,3)14-7-13-8/h8H,4-7H2,1-3H3. The maximum Gasteiger partial charge on any atom is 0.147 e. The highest BCUT2D eigenvalue weighted by atomic mass is 16.7. The van der Waals surface area contributed by atoms with Crippen molar-refractivity contribution in [2.75, 3.05) is 26.8 Å². The molecule has 2 aliphatic rings. The maximum absolute atomic E-state index is 5.65. The highest BCUT2D eigenvalue weighted by Gasteiger charge is 2.55. The van der Waals surface area contributed by atoms with Crippen molar-refractivity contribution in [2.24, 2.45) is 5.41 Å². The minimum Gasteiger partial charge on any atom is -0.355 e. The largest absolute Gasteiger partial charge is 0.355 e. The molecular weight excluding hydrogens is 184 g/mol. The van der Waals surface area contributed by atoms with Crippen molar-refractivity contribution in [3.8, 4) is 0 Å². The van der Waals surface area contributed by atoms with Crippen LogP contribution in [-0.4, -0.2) is 38.5 Å². The van der Waals surface area contributed by atoms with Gasteiger partial charge in [0.25, 0.3) is 0 Å². The van der Waals surface area contributed by atoms with Gasteiger partial charge in [0.1, 0.15) is 13.6 Å². The predicted octanol–water partition coefficient (Wildman–Crippen LogP) is 1.15. The van der Waals surface area contributed by atoms with E-state index in [2.05, 4.69) is 20.8 Å². The molecule has 2 fully saturated rings. The summed E-state index contributed by atoms with van der Waals surface area (Å²) in [6, 6.07) is 0. The van der Waals surface area contributed by atoms with Crippen LogP contribution in [0.15, 0.2) is 0 Å². The van der Waals surface area contributed by atoms with E-state index in [-0.39, 0.29) is 17.1 Å². The maximum atomic E-state index is 5.65. The molecule has 0 radical (unpaired) electrons. The Balaban J connectivity index is 2.25. The molecule has 14 heavy (non-hydrogen) atoms. The molecule has 4 nitrogen and oxygen atoms in total. The number of ether oxygens (including phenoxy) is 4. The Hall–Kier alpha value is -0.160. The second-order valence-corrected chi connectivity index (χ2v) is 4.55. The van der Waals surface area contributed by atoms with E-state index in [4.69, 9.17) is 18.9 Å². The molecule has 0 bridgehead atoms. The van der Waals surface area contributed by atoms with E-state index < -0.39 is 0 Å². The first-order valence-electron chi connectivity index (χ1n) is 5.00. The molecule has 4 heteroatoms. The summed E-state index contributed by atoms with van der Waals surface area (Å²) >= 11 is 0. The summed E-state index contributed by atoms with van der Waals surface area (Å²) in [5, 5.41) is 0. The van der Waals surface area contributed by atoms with Crippen LogP contribution in [0.2, 0.25) is 0 Å². The lowest BCUT2D eigenvalue weighted by molar-refractivity contribution is -0.331. The predicted molar refractivity (Wildman–Crippen MR) is 49.8 cm³/mol. The van der Waals surface area contributed by atoms with Crippen LogP contribution < -0.4 is 0 Å². The molecule has 1 atom stereocenters. The van der Waals surface area contributed by atoms with Crippen LogP contribution in [0.3, 0.4) is 0 Å². The summed E-state index contributed by atoms with van der Waals surface area (Å²) in [7, 11) is 0. The van der Waals surface area contributed by atoms with Gasteiger partial charge in [0.15, 0.2) is 0 Å². The highest BCUT2D eigenvalue weighted by Crippen LogP contribution is 2.44. The van der Waals surface area contributed by atoms with Gasteiger partial charge in [-0.1, -0.05) is 0 Å². The van der Waals surface area contributed by atoms with Gasteiger partial charge >= 0.3 is 0 Å². The molecule has 1 spiro atoms. The lowest BCUT2D eigenvalue weighted by Gasteiger charge is -2.53. The van der Waals surface area contributed by atoms with Crippen molar-refractivity contribution in [2.45, 2.75) is 32.5 Å². The van der Waals surface area contributed by atoms with Gasteiger partial charge in [0.05, 0.1) is 30.3 Å².